The Morgan fingerprint density at radius 3 is 3.00 bits per heavy atom. The number of aliphatic hydroxyl groups is 1. The molecule has 1 nitrogen and oxygen atoms in total. The smallest absolute Gasteiger partial charge is 0.0723 e. The first-order chi connectivity index (χ1) is 5.74. The van der Waals surface area contributed by atoms with Crippen molar-refractivity contribution in [1.82, 2.24) is 0 Å². The first-order valence-corrected chi connectivity index (χ1v) is 4.54. The lowest BCUT2D eigenvalue weighted by atomic mass is 9.84. The zero-order valence-corrected chi connectivity index (χ0v) is 7.59. The molecule has 1 rings (SSSR count). The summed E-state index contributed by atoms with van der Waals surface area (Å²) in [5.74, 6) is 3.27. The average molecular weight is 164 g/mol. The fourth-order valence-corrected chi connectivity index (χ4v) is 1.75. The zero-order valence-electron chi connectivity index (χ0n) is 7.59. The molecule has 1 aliphatic carbocycles. The summed E-state index contributed by atoms with van der Waals surface area (Å²) in [6.07, 6.45) is 10.9. The van der Waals surface area contributed by atoms with E-state index in [4.69, 9.17) is 6.42 Å². The number of hydrogen-bond acceptors (Lipinski definition) is 1. The Kier molecular flexibility index (Phi) is 3.37. The molecule has 2 unspecified atom stereocenters. The summed E-state index contributed by atoms with van der Waals surface area (Å²) < 4.78 is 0. The van der Waals surface area contributed by atoms with Crippen LogP contribution >= 0.6 is 0 Å². The Hall–Kier alpha value is -0.740. The van der Waals surface area contributed by atoms with E-state index >= 15 is 0 Å². The molecule has 1 heteroatoms. The minimum atomic E-state index is -0.216. The minimum Gasteiger partial charge on any atom is -0.389 e. The normalized spacial score (nSPS) is 29.2. The Morgan fingerprint density at radius 1 is 1.67 bits per heavy atom. The van der Waals surface area contributed by atoms with Crippen molar-refractivity contribution >= 4 is 0 Å². The summed E-state index contributed by atoms with van der Waals surface area (Å²) >= 11 is 0. The SMILES string of the molecule is C#CCCC1CCC(O)C=C1C. The van der Waals surface area contributed by atoms with Crippen LogP contribution in [0, 0.1) is 18.3 Å². The molecule has 66 valence electrons. The molecule has 0 aromatic heterocycles. The van der Waals surface area contributed by atoms with Gasteiger partial charge in [0, 0.05) is 6.42 Å². The van der Waals surface area contributed by atoms with Gasteiger partial charge in [-0.1, -0.05) is 11.6 Å². The van der Waals surface area contributed by atoms with Crippen LogP contribution in [0.1, 0.15) is 32.6 Å². The second-order valence-corrected chi connectivity index (χ2v) is 3.50. The topological polar surface area (TPSA) is 20.2 Å². The van der Waals surface area contributed by atoms with Crippen LogP contribution in [0.15, 0.2) is 11.6 Å². The monoisotopic (exact) mass is 164 g/mol. The summed E-state index contributed by atoms with van der Waals surface area (Å²) in [6.45, 7) is 2.09. The lowest BCUT2D eigenvalue weighted by Crippen LogP contribution is -2.16. The van der Waals surface area contributed by atoms with Crippen LogP contribution < -0.4 is 0 Å². The summed E-state index contributed by atoms with van der Waals surface area (Å²) in [4.78, 5) is 0. The lowest BCUT2D eigenvalue weighted by molar-refractivity contribution is 0.190. The van der Waals surface area contributed by atoms with E-state index in [0.29, 0.717) is 5.92 Å². The summed E-state index contributed by atoms with van der Waals surface area (Å²) in [7, 11) is 0. The maximum atomic E-state index is 9.31. The molecule has 0 aromatic rings. The van der Waals surface area contributed by atoms with Crippen LogP contribution in [0.4, 0.5) is 0 Å². The van der Waals surface area contributed by atoms with Crippen LogP contribution in [0.3, 0.4) is 0 Å². The first kappa shape index (κ1) is 9.35. The quantitative estimate of drug-likeness (QED) is 0.489. The molecule has 12 heavy (non-hydrogen) atoms. The minimum absolute atomic E-state index is 0.216. The number of aliphatic hydroxyl groups excluding tert-OH is 1. The molecule has 0 bridgehead atoms. The second-order valence-electron chi connectivity index (χ2n) is 3.50. The van der Waals surface area contributed by atoms with E-state index in [9.17, 15) is 5.11 Å². The van der Waals surface area contributed by atoms with Crippen LogP contribution in [0.5, 0.6) is 0 Å². The molecule has 0 saturated heterocycles. The van der Waals surface area contributed by atoms with Crippen molar-refractivity contribution in [2.24, 2.45) is 5.92 Å². The molecular weight excluding hydrogens is 148 g/mol. The summed E-state index contributed by atoms with van der Waals surface area (Å²) in [5.41, 5.74) is 1.31. The largest absolute Gasteiger partial charge is 0.389 e. The van der Waals surface area contributed by atoms with E-state index in [1.54, 1.807) is 0 Å². The highest BCUT2D eigenvalue weighted by Crippen LogP contribution is 2.27. The highest BCUT2D eigenvalue weighted by atomic mass is 16.3. The third-order valence-corrected chi connectivity index (χ3v) is 2.55. The molecular formula is C11H16O. The molecule has 0 fully saturated rings. The van der Waals surface area contributed by atoms with Crippen LogP contribution in [-0.2, 0) is 0 Å². The molecule has 0 heterocycles. The summed E-state index contributed by atoms with van der Waals surface area (Å²) in [5, 5.41) is 9.31. The van der Waals surface area contributed by atoms with Crippen LogP contribution in [-0.4, -0.2) is 11.2 Å². The summed E-state index contributed by atoms with van der Waals surface area (Å²) in [6, 6.07) is 0. The third kappa shape index (κ3) is 2.39. The van der Waals surface area contributed by atoms with Gasteiger partial charge in [0.1, 0.15) is 0 Å². The fraction of sp³-hybridized carbons (Fsp3) is 0.636. The Bertz CT molecular complexity index is 210. The highest BCUT2D eigenvalue weighted by Gasteiger charge is 2.17. The van der Waals surface area contributed by atoms with E-state index in [-0.39, 0.29) is 6.10 Å². The predicted octanol–water partition coefficient (Wildman–Crippen LogP) is 2.12. The maximum absolute atomic E-state index is 9.31. The molecule has 0 aliphatic heterocycles. The predicted molar refractivity (Wildman–Crippen MR) is 50.6 cm³/mol. The van der Waals surface area contributed by atoms with Crippen molar-refractivity contribution in [3.05, 3.63) is 11.6 Å². The fourth-order valence-electron chi connectivity index (χ4n) is 1.75. The van der Waals surface area contributed by atoms with Gasteiger partial charge < -0.3 is 5.11 Å². The van der Waals surface area contributed by atoms with Crippen molar-refractivity contribution in [2.45, 2.75) is 38.7 Å². The average Bonchev–Trinajstić information content (AvgIpc) is 2.03. The zero-order chi connectivity index (χ0) is 8.97. The van der Waals surface area contributed by atoms with Gasteiger partial charge in [-0.3, -0.25) is 0 Å². The standard InChI is InChI=1S/C11H16O/c1-3-4-5-10-6-7-11(12)8-9(10)2/h1,8,10-12H,4-7H2,2H3. The molecule has 0 aromatic carbocycles. The van der Waals surface area contributed by atoms with Crippen molar-refractivity contribution in [3.8, 4) is 12.3 Å². The molecule has 0 radical (unpaired) electrons. The van der Waals surface area contributed by atoms with Crippen molar-refractivity contribution < 1.29 is 5.11 Å². The number of allylic oxidation sites excluding steroid dienone is 1. The van der Waals surface area contributed by atoms with Gasteiger partial charge in [-0.2, -0.15) is 0 Å². The third-order valence-electron chi connectivity index (χ3n) is 2.55. The van der Waals surface area contributed by atoms with Gasteiger partial charge in [0.25, 0.3) is 0 Å². The molecule has 2 atom stereocenters. The van der Waals surface area contributed by atoms with E-state index in [1.165, 1.54) is 5.57 Å². The number of hydrogen-bond donors (Lipinski definition) is 1. The van der Waals surface area contributed by atoms with Gasteiger partial charge >= 0.3 is 0 Å². The molecule has 1 N–H and O–H groups in total. The first-order valence-electron chi connectivity index (χ1n) is 4.54. The van der Waals surface area contributed by atoms with E-state index in [1.807, 2.05) is 6.08 Å². The van der Waals surface area contributed by atoms with Gasteiger partial charge in [-0.15, -0.1) is 12.3 Å². The van der Waals surface area contributed by atoms with Gasteiger partial charge in [0.2, 0.25) is 0 Å². The maximum Gasteiger partial charge on any atom is 0.0723 e. The van der Waals surface area contributed by atoms with Gasteiger partial charge in [0.05, 0.1) is 6.10 Å². The highest BCUT2D eigenvalue weighted by molar-refractivity contribution is 5.10. The van der Waals surface area contributed by atoms with Gasteiger partial charge in [0.15, 0.2) is 0 Å². The molecule has 0 amide bonds. The van der Waals surface area contributed by atoms with Crippen molar-refractivity contribution in [1.29, 1.82) is 0 Å². The number of terminal acetylenes is 1. The lowest BCUT2D eigenvalue weighted by Gasteiger charge is -2.23. The van der Waals surface area contributed by atoms with Gasteiger partial charge in [-0.05, 0) is 32.1 Å². The van der Waals surface area contributed by atoms with Crippen molar-refractivity contribution in [2.75, 3.05) is 0 Å². The Morgan fingerprint density at radius 2 is 2.42 bits per heavy atom. The van der Waals surface area contributed by atoms with E-state index in [0.717, 1.165) is 25.7 Å². The molecule has 0 saturated carbocycles. The van der Waals surface area contributed by atoms with Crippen molar-refractivity contribution in [3.63, 3.8) is 0 Å². The molecule has 0 spiro atoms. The van der Waals surface area contributed by atoms with E-state index in [2.05, 4.69) is 12.8 Å². The Balaban J connectivity index is 2.46. The van der Waals surface area contributed by atoms with E-state index < -0.39 is 0 Å². The van der Waals surface area contributed by atoms with Gasteiger partial charge in [-0.25, -0.2) is 0 Å². The number of rotatable bonds is 2. The van der Waals surface area contributed by atoms with Crippen LogP contribution in [0.2, 0.25) is 0 Å². The Labute approximate surface area is 74.5 Å². The molecule has 1 aliphatic rings. The van der Waals surface area contributed by atoms with Crippen LogP contribution in [0.25, 0.3) is 0 Å². The second kappa shape index (κ2) is 4.33.